The number of aliphatic carboxylic acids is 1. The molecule has 0 fully saturated rings. The molecule has 4 aromatic rings. The fourth-order valence-electron chi connectivity index (χ4n) is 4.03. The Kier molecular flexibility index (Phi) is 8.48. The Labute approximate surface area is 220 Å². The Morgan fingerprint density at radius 1 is 0.919 bits per heavy atom. The van der Waals surface area contributed by atoms with E-state index >= 15 is 0 Å². The molecule has 0 radical (unpaired) electrons. The van der Waals surface area contributed by atoms with Crippen LogP contribution in [-0.4, -0.2) is 54.6 Å². The van der Waals surface area contributed by atoms with Crippen LogP contribution in [0.1, 0.15) is 29.8 Å². The smallest absolute Gasteiger partial charge is 0.341 e. The van der Waals surface area contributed by atoms with Crippen molar-refractivity contribution in [2.24, 2.45) is 0 Å². The first-order valence-electron chi connectivity index (χ1n) is 12.1. The molecule has 1 aromatic heterocycles. The number of likely N-dealkylation sites (N-methyl/N-ethyl adjacent to an activating group) is 1. The minimum absolute atomic E-state index is 0.211. The molecule has 0 bridgehead atoms. The Morgan fingerprint density at radius 2 is 1.57 bits per heavy atom. The van der Waals surface area contributed by atoms with E-state index in [-0.39, 0.29) is 5.78 Å². The van der Waals surface area contributed by atoms with Crippen LogP contribution in [0.15, 0.2) is 71.1 Å². The van der Waals surface area contributed by atoms with Crippen molar-refractivity contribution in [3.8, 4) is 22.8 Å². The molecule has 4 rings (SSSR count). The van der Waals surface area contributed by atoms with E-state index in [2.05, 4.69) is 18.7 Å². The number of furan rings is 1. The van der Waals surface area contributed by atoms with E-state index in [0.29, 0.717) is 56.5 Å². The summed E-state index contributed by atoms with van der Waals surface area (Å²) < 4.78 is 17.2. The van der Waals surface area contributed by atoms with Gasteiger partial charge in [0.05, 0.1) is 5.56 Å². The second-order valence-electron chi connectivity index (χ2n) is 8.38. The monoisotopic (exact) mass is 521 g/mol. The van der Waals surface area contributed by atoms with Gasteiger partial charge in [-0.25, -0.2) is 4.79 Å². The predicted octanol–water partition coefficient (Wildman–Crippen LogP) is 6.17. The lowest BCUT2D eigenvalue weighted by molar-refractivity contribution is -0.139. The second kappa shape index (κ2) is 12.0. The molecule has 1 heterocycles. The topological polar surface area (TPSA) is 89.2 Å². The Bertz CT molecular complexity index is 1370. The number of hydrogen-bond donors (Lipinski definition) is 1. The van der Waals surface area contributed by atoms with Gasteiger partial charge in [0.25, 0.3) is 0 Å². The number of carbonyl (C=O) groups excluding carboxylic acids is 1. The average molecular weight is 522 g/mol. The number of halogens is 1. The molecule has 0 amide bonds. The largest absolute Gasteiger partial charge is 0.492 e. The maximum atomic E-state index is 13.7. The van der Waals surface area contributed by atoms with E-state index in [0.717, 1.165) is 19.6 Å². The van der Waals surface area contributed by atoms with Crippen molar-refractivity contribution in [2.45, 2.75) is 13.8 Å². The van der Waals surface area contributed by atoms with Gasteiger partial charge in [-0.3, -0.25) is 4.79 Å². The number of carbonyl (C=O) groups is 2. The molecule has 0 aliphatic carbocycles. The molecule has 37 heavy (non-hydrogen) atoms. The third-order valence-electron chi connectivity index (χ3n) is 6.04. The summed E-state index contributed by atoms with van der Waals surface area (Å²) >= 11 is 6.25. The molecule has 0 saturated heterocycles. The zero-order valence-corrected chi connectivity index (χ0v) is 21.5. The average Bonchev–Trinajstić information content (AvgIpc) is 3.28. The number of ether oxygens (including phenoxy) is 2. The third kappa shape index (κ3) is 6.31. The van der Waals surface area contributed by atoms with Crippen LogP contribution in [0, 0.1) is 0 Å². The van der Waals surface area contributed by atoms with Gasteiger partial charge in [-0.05, 0) is 79.8 Å². The van der Waals surface area contributed by atoms with Crippen LogP contribution in [0.5, 0.6) is 11.5 Å². The summed E-state index contributed by atoms with van der Waals surface area (Å²) in [6, 6.07) is 18.9. The van der Waals surface area contributed by atoms with Crippen LogP contribution in [0.25, 0.3) is 22.3 Å². The summed E-state index contributed by atoms with van der Waals surface area (Å²) in [4.78, 5) is 26.8. The number of nitrogens with zero attached hydrogens (tertiary/aromatic N) is 1. The molecule has 0 saturated carbocycles. The Balaban J connectivity index is 1.61. The van der Waals surface area contributed by atoms with E-state index < -0.39 is 12.6 Å². The molecule has 8 heteroatoms. The van der Waals surface area contributed by atoms with Crippen LogP contribution in [0.3, 0.4) is 0 Å². The lowest BCUT2D eigenvalue weighted by Gasteiger charge is -2.18. The number of fused-ring (bicyclic) bond motifs is 1. The van der Waals surface area contributed by atoms with Gasteiger partial charge in [0.2, 0.25) is 0 Å². The minimum atomic E-state index is -1.06. The highest BCUT2D eigenvalue weighted by atomic mass is 35.5. The zero-order valence-electron chi connectivity index (χ0n) is 20.7. The molecule has 0 aliphatic rings. The predicted molar refractivity (Wildman–Crippen MR) is 143 cm³/mol. The fraction of sp³-hybridized carbons (Fsp3) is 0.241. The molecule has 0 aliphatic heterocycles. The normalized spacial score (nSPS) is 11.1. The van der Waals surface area contributed by atoms with Gasteiger partial charge in [-0.2, -0.15) is 0 Å². The van der Waals surface area contributed by atoms with Gasteiger partial charge in [-0.1, -0.05) is 25.4 Å². The van der Waals surface area contributed by atoms with Gasteiger partial charge >= 0.3 is 5.97 Å². The van der Waals surface area contributed by atoms with E-state index in [1.807, 2.05) is 0 Å². The van der Waals surface area contributed by atoms with Crippen LogP contribution >= 0.6 is 11.6 Å². The Morgan fingerprint density at radius 3 is 2.22 bits per heavy atom. The summed E-state index contributed by atoms with van der Waals surface area (Å²) in [5.74, 6) is 0.214. The molecule has 7 nitrogen and oxygen atoms in total. The molecule has 192 valence electrons. The molecule has 0 unspecified atom stereocenters. The standard InChI is InChI=1S/C29H28ClNO6/c1-3-31(4-2)15-16-35-22-10-5-19(6-11-22)28(34)27-24-17-21(30)9-14-25(24)37-29(27)20-7-12-23(13-8-20)36-18-26(32)33/h5-14,17H,3-4,15-16,18H2,1-2H3,(H,32,33). The van der Waals surface area contributed by atoms with Crippen LogP contribution in [-0.2, 0) is 4.79 Å². The highest BCUT2D eigenvalue weighted by Crippen LogP contribution is 2.37. The third-order valence-corrected chi connectivity index (χ3v) is 6.28. The van der Waals surface area contributed by atoms with Crippen molar-refractivity contribution >= 4 is 34.3 Å². The quantitative estimate of drug-likeness (QED) is 0.223. The van der Waals surface area contributed by atoms with Crippen molar-refractivity contribution in [1.82, 2.24) is 4.90 Å². The first kappa shape index (κ1) is 26.3. The minimum Gasteiger partial charge on any atom is -0.492 e. The van der Waals surface area contributed by atoms with Gasteiger partial charge in [0.1, 0.15) is 29.4 Å². The summed E-state index contributed by atoms with van der Waals surface area (Å²) in [5, 5.41) is 9.92. The first-order chi connectivity index (χ1) is 17.9. The van der Waals surface area contributed by atoms with Gasteiger partial charge in [0, 0.05) is 28.1 Å². The van der Waals surface area contributed by atoms with Crippen LogP contribution in [0.2, 0.25) is 5.02 Å². The van der Waals surface area contributed by atoms with Crippen molar-refractivity contribution in [1.29, 1.82) is 0 Å². The van der Waals surface area contributed by atoms with Crippen LogP contribution < -0.4 is 9.47 Å². The number of benzene rings is 3. The summed E-state index contributed by atoms with van der Waals surface area (Å²) in [5.41, 5.74) is 2.06. The SMILES string of the molecule is CCN(CC)CCOc1ccc(C(=O)c2c(-c3ccc(OCC(=O)O)cc3)oc3ccc(Cl)cc23)cc1. The van der Waals surface area contributed by atoms with E-state index in [1.165, 1.54) is 0 Å². The second-order valence-corrected chi connectivity index (χ2v) is 8.82. The summed E-state index contributed by atoms with van der Waals surface area (Å²) in [6.45, 7) is 7.13. The number of carboxylic acid groups (broad SMARTS) is 1. The maximum Gasteiger partial charge on any atom is 0.341 e. The van der Waals surface area contributed by atoms with Crippen molar-refractivity contribution < 1.29 is 28.6 Å². The van der Waals surface area contributed by atoms with Gasteiger partial charge < -0.3 is 23.9 Å². The molecule has 0 atom stereocenters. The van der Waals surface area contributed by atoms with Crippen LogP contribution in [0.4, 0.5) is 0 Å². The molecule has 0 spiro atoms. The van der Waals surface area contributed by atoms with Crippen molar-refractivity contribution in [3.63, 3.8) is 0 Å². The van der Waals surface area contributed by atoms with E-state index in [9.17, 15) is 9.59 Å². The maximum absolute atomic E-state index is 13.7. The summed E-state index contributed by atoms with van der Waals surface area (Å²) in [7, 11) is 0. The van der Waals surface area contributed by atoms with Gasteiger partial charge in [0.15, 0.2) is 12.4 Å². The number of rotatable bonds is 12. The van der Waals surface area contributed by atoms with Crippen molar-refractivity contribution in [2.75, 3.05) is 32.8 Å². The van der Waals surface area contributed by atoms with Crippen molar-refractivity contribution in [3.05, 3.63) is 82.9 Å². The van der Waals surface area contributed by atoms with E-state index in [4.69, 9.17) is 30.6 Å². The number of hydrogen-bond acceptors (Lipinski definition) is 6. The molecule has 3 aromatic carbocycles. The Hall–Kier alpha value is -3.81. The molecular weight excluding hydrogens is 494 g/mol. The summed E-state index contributed by atoms with van der Waals surface area (Å²) in [6.07, 6.45) is 0. The first-order valence-corrected chi connectivity index (χ1v) is 12.4. The zero-order chi connectivity index (χ0) is 26.4. The lowest BCUT2D eigenvalue weighted by atomic mass is 9.97. The number of ketones is 1. The van der Waals surface area contributed by atoms with E-state index in [1.54, 1.807) is 66.7 Å². The van der Waals surface area contributed by atoms with Gasteiger partial charge in [-0.15, -0.1) is 0 Å². The fourth-order valence-corrected chi connectivity index (χ4v) is 4.20. The molecular formula is C29H28ClNO6. The lowest BCUT2D eigenvalue weighted by Crippen LogP contribution is -2.27. The molecule has 1 N–H and O–H groups in total. The number of carboxylic acids is 1. The highest BCUT2D eigenvalue weighted by Gasteiger charge is 2.24. The highest BCUT2D eigenvalue weighted by molar-refractivity contribution is 6.32.